The number of ketones is 2. The van der Waals surface area contributed by atoms with Gasteiger partial charge in [0.2, 0.25) is 0 Å². The topological polar surface area (TPSA) is 63.2 Å². The number of carbonyl (C=O) groups excluding carboxylic acids is 2. The molecule has 0 fully saturated rings. The summed E-state index contributed by atoms with van der Waals surface area (Å²) in [5, 5.41) is 0. The van der Waals surface area contributed by atoms with Crippen molar-refractivity contribution >= 4 is 66.9 Å². The second-order valence-electron chi connectivity index (χ2n) is 11.0. The first-order valence-electron chi connectivity index (χ1n) is 13.7. The molecular formula is C35H23N3O2S2. The van der Waals surface area contributed by atoms with Gasteiger partial charge in [-0.2, -0.15) is 0 Å². The number of hydrogen-bond acceptors (Lipinski definition) is 7. The van der Waals surface area contributed by atoms with Crippen LogP contribution in [0, 0.1) is 0 Å². The Morgan fingerprint density at radius 1 is 0.786 bits per heavy atom. The minimum absolute atomic E-state index is 0.201. The van der Waals surface area contributed by atoms with E-state index in [1.54, 1.807) is 53.0 Å². The van der Waals surface area contributed by atoms with Crippen LogP contribution in [0.1, 0.15) is 50.7 Å². The highest BCUT2D eigenvalue weighted by atomic mass is 32.1. The fourth-order valence-electron chi connectivity index (χ4n) is 6.03. The zero-order valence-electron chi connectivity index (χ0n) is 22.8. The number of Topliss-reactive ketones (excluding diaryl/α,β-unsaturated/α-hetero) is 2. The zero-order valence-corrected chi connectivity index (χ0v) is 24.4. The summed E-state index contributed by atoms with van der Waals surface area (Å²) in [6, 6.07) is 29.6. The Hall–Kier alpha value is -4.72. The Labute approximate surface area is 250 Å². The number of benzene rings is 3. The molecule has 7 heteroatoms. The van der Waals surface area contributed by atoms with E-state index in [1.807, 2.05) is 42.6 Å². The molecule has 0 radical (unpaired) electrons. The van der Waals surface area contributed by atoms with Crippen LogP contribution in [0.4, 0.5) is 17.2 Å². The molecule has 42 heavy (non-hydrogen) atoms. The van der Waals surface area contributed by atoms with Crippen molar-refractivity contribution < 1.29 is 9.59 Å². The molecule has 0 amide bonds. The third-order valence-corrected chi connectivity index (χ3v) is 10.4. The molecule has 202 valence electrons. The van der Waals surface area contributed by atoms with Gasteiger partial charge < -0.3 is 0 Å². The van der Waals surface area contributed by atoms with E-state index in [0.717, 1.165) is 47.7 Å². The fourth-order valence-corrected chi connectivity index (χ4v) is 8.94. The number of para-hydroxylation sites is 2. The van der Waals surface area contributed by atoms with Crippen LogP contribution < -0.4 is 4.90 Å². The summed E-state index contributed by atoms with van der Waals surface area (Å²) in [5.41, 5.74) is 5.93. The van der Waals surface area contributed by atoms with Gasteiger partial charge in [-0.25, -0.2) is 9.97 Å². The molecule has 0 saturated carbocycles. The smallest absolute Gasteiger partial charge is 0.197 e. The minimum atomic E-state index is -0.379. The molecule has 0 bridgehead atoms. The molecule has 0 aliphatic heterocycles. The summed E-state index contributed by atoms with van der Waals surface area (Å²) in [4.78, 5) is 40.4. The number of hydrogen-bond donors (Lipinski definition) is 0. The van der Waals surface area contributed by atoms with Gasteiger partial charge in [0.15, 0.2) is 17.4 Å². The van der Waals surface area contributed by atoms with Crippen LogP contribution in [0.2, 0.25) is 0 Å². The number of aromatic nitrogens is 2. The molecule has 0 unspecified atom stereocenters. The van der Waals surface area contributed by atoms with Crippen molar-refractivity contribution in [2.45, 2.75) is 19.3 Å². The van der Waals surface area contributed by atoms with Gasteiger partial charge in [0.25, 0.3) is 0 Å². The highest BCUT2D eigenvalue weighted by Gasteiger charge is 2.42. The second kappa shape index (κ2) is 9.14. The predicted molar refractivity (Wildman–Crippen MR) is 171 cm³/mol. The quantitative estimate of drug-likeness (QED) is 0.154. The number of carbonyl (C=O) groups is 2. The Kier molecular flexibility index (Phi) is 5.45. The van der Waals surface area contributed by atoms with Gasteiger partial charge >= 0.3 is 0 Å². The largest absolute Gasteiger partial charge is 0.294 e. The number of nitrogens with zero attached hydrogens (tertiary/aromatic N) is 3. The maximum Gasteiger partial charge on any atom is 0.197 e. The summed E-state index contributed by atoms with van der Waals surface area (Å²) in [7, 11) is 0. The monoisotopic (exact) mass is 581 g/mol. The van der Waals surface area contributed by atoms with Crippen LogP contribution in [-0.4, -0.2) is 21.5 Å². The minimum Gasteiger partial charge on any atom is -0.294 e. The molecule has 8 rings (SSSR count). The van der Waals surface area contributed by atoms with E-state index >= 15 is 0 Å². The highest BCUT2D eigenvalue weighted by Crippen LogP contribution is 2.56. The third-order valence-electron chi connectivity index (χ3n) is 8.03. The SMILES string of the molecule is CC1(C)c2nc(N(c3ccccc3)c3ccccc3)cnc2-c2sc3cc(C=C4C(=O)c5ccccc5C4=O)sc3c21. The van der Waals surface area contributed by atoms with Crippen LogP contribution in [0.3, 0.4) is 0 Å². The van der Waals surface area contributed by atoms with E-state index in [-0.39, 0.29) is 22.6 Å². The van der Waals surface area contributed by atoms with Crippen LogP contribution in [0.5, 0.6) is 0 Å². The molecule has 3 aromatic heterocycles. The van der Waals surface area contributed by atoms with E-state index < -0.39 is 0 Å². The fraction of sp³-hybridized carbons (Fsp3) is 0.0857. The molecule has 2 aliphatic carbocycles. The van der Waals surface area contributed by atoms with E-state index in [0.29, 0.717) is 11.1 Å². The molecule has 0 N–H and O–H groups in total. The summed E-state index contributed by atoms with van der Waals surface area (Å²) in [6.07, 6.45) is 3.62. The molecule has 0 atom stereocenters. The lowest BCUT2D eigenvalue weighted by molar-refractivity contribution is 0.0990. The van der Waals surface area contributed by atoms with Crippen LogP contribution >= 0.6 is 22.7 Å². The average Bonchev–Trinajstić information content (AvgIpc) is 3.69. The van der Waals surface area contributed by atoms with E-state index in [4.69, 9.17) is 9.97 Å². The summed E-state index contributed by atoms with van der Waals surface area (Å²) < 4.78 is 2.29. The number of fused-ring (bicyclic) bond motifs is 6. The van der Waals surface area contributed by atoms with E-state index in [2.05, 4.69) is 49.1 Å². The first kappa shape index (κ1) is 25.0. The van der Waals surface area contributed by atoms with Crippen molar-refractivity contribution in [1.82, 2.24) is 9.97 Å². The molecule has 5 nitrogen and oxygen atoms in total. The van der Waals surface area contributed by atoms with Gasteiger partial charge in [-0.1, -0.05) is 60.7 Å². The molecule has 3 heterocycles. The van der Waals surface area contributed by atoms with Crippen molar-refractivity contribution in [3.8, 4) is 10.6 Å². The van der Waals surface area contributed by atoms with Gasteiger partial charge in [-0.05, 0) is 50.3 Å². The third kappa shape index (κ3) is 3.60. The lowest BCUT2D eigenvalue weighted by atomic mass is 9.86. The maximum atomic E-state index is 13.0. The van der Waals surface area contributed by atoms with Gasteiger partial charge in [0.1, 0.15) is 5.69 Å². The van der Waals surface area contributed by atoms with Crippen molar-refractivity contribution in [1.29, 1.82) is 0 Å². The number of anilines is 3. The number of rotatable bonds is 4. The molecule has 6 aromatic rings. The second-order valence-corrected chi connectivity index (χ2v) is 13.1. The van der Waals surface area contributed by atoms with Crippen LogP contribution in [0.15, 0.2) is 103 Å². The number of allylic oxidation sites excluding steroid dienone is 1. The van der Waals surface area contributed by atoms with Crippen molar-refractivity contribution in [2.75, 3.05) is 4.90 Å². The van der Waals surface area contributed by atoms with Crippen LogP contribution in [0.25, 0.3) is 26.0 Å². The average molecular weight is 582 g/mol. The maximum absolute atomic E-state index is 13.0. The zero-order chi connectivity index (χ0) is 28.6. The Morgan fingerprint density at radius 3 is 2.00 bits per heavy atom. The van der Waals surface area contributed by atoms with Gasteiger partial charge in [0.05, 0.1) is 27.0 Å². The highest BCUT2D eigenvalue weighted by molar-refractivity contribution is 7.30. The first-order chi connectivity index (χ1) is 20.4. The molecular weight excluding hydrogens is 559 g/mol. The lowest BCUT2D eigenvalue weighted by Gasteiger charge is -2.26. The number of thiophene rings is 2. The predicted octanol–water partition coefficient (Wildman–Crippen LogP) is 8.99. The summed E-state index contributed by atoms with van der Waals surface area (Å²) in [6.45, 7) is 4.41. The molecule has 0 spiro atoms. The van der Waals surface area contributed by atoms with Gasteiger partial charge in [-0.3, -0.25) is 14.5 Å². The summed E-state index contributed by atoms with van der Waals surface area (Å²) in [5.74, 6) is 0.361. The van der Waals surface area contributed by atoms with Crippen molar-refractivity contribution in [3.63, 3.8) is 0 Å². The van der Waals surface area contributed by atoms with E-state index in [1.165, 1.54) is 5.56 Å². The first-order valence-corrected chi connectivity index (χ1v) is 15.3. The van der Waals surface area contributed by atoms with E-state index in [9.17, 15) is 9.59 Å². The lowest BCUT2D eigenvalue weighted by Crippen LogP contribution is -2.19. The van der Waals surface area contributed by atoms with Crippen molar-refractivity contribution in [3.05, 3.63) is 130 Å². The van der Waals surface area contributed by atoms with Gasteiger partial charge in [0, 0.05) is 43.1 Å². The Bertz CT molecular complexity index is 2030. The molecule has 0 saturated heterocycles. The molecule has 2 aliphatic rings. The van der Waals surface area contributed by atoms with Crippen molar-refractivity contribution in [2.24, 2.45) is 0 Å². The normalized spacial score (nSPS) is 14.7. The Balaban J connectivity index is 1.21. The standard InChI is InChI=1S/C35H23N3O2S2/c1-35(2)28-32-26(18-22(41-32)17-25-30(39)23-15-9-10-16-24(23)31(25)40)42-33(28)29-34(35)37-27(19-36-29)38(20-11-5-3-6-12-20)21-13-7-4-8-14-21/h3-19H,1-2H3. The van der Waals surface area contributed by atoms with Gasteiger partial charge in [-0.15, -0.1) is 22.7 Å². The van der Waals surface area contributed by atoms with Crippen LogP contribution in [-0.2, 0) is 5.41 Å². The summed E-state index contributed by atoms with van der Waals surface area (Å²) >= 11 is 3.32. The molecule has 3 aromatic carbocycles. The Morgan fingerprint density at radius 2 is 1.38 bits per heavy atom.